The van der Waals surface area contributed by atoms with E-state index in [0.29, 0.717) is 6.54 Å². The molecule has 3 unspecified atom stereocenters. The topological polar surface area (TPSA) is 115 Å². The SMILES string of the molecule is CCCCCCCC[N+](CC(C)C(=O)[O-])(CC(C)C(=O)O)CC(C)C(=O)O. The van der Waals surface area contributed by atoms with Gasteiger partial charge in [-0.2, -0.15) is 0 Å². The van der Waals surface area contributed by atoms with Crippen molar-refractivity contribution in [2.75, 3.05) is 26.2 Å². The lowest BCUT2D eigenvalue weighted by atomic mass is 10.0. The summed E-state index contributed by atoms with van der Waals surface area (Å²) in [5, 5.41) is 30.0. The van der Waals surface area contributed by atoms with E-state index >= 15 is 0 Å². The maximum absolute atomic E-state index is 11.4. The van der Waals surface area contributed by atoms with E-state index in [2.05, 4.69) is 6.92 Å². The van der Waals surface area contributed by atoms with Crippen LogP contribution < -0.4 is 5.11 Å². The molecule has 3 atom stereocenters. The van der Waals surface area contributed by atoms with Crippen LogP contribution in [0.1, 0.15) is 66.2 Å². The van der Waals surface area contributed by atoms with Gasteiger partial charge < -0.3 is 24.6 Å². The van der Waals surface area contributed by atoms with Crippen molar-refractivity contribution in [2.24, 2.45) is 17.8 Å². The van der Waals surface area contributed by atoms with Crippen molar-refractivity contribution in [3.8, 4) is 0 Å². The van der Waals surface area contributed by atoms with E-state index in [0.717, 1.165) is 32.1 Å². The molecule has 0 aromatic carbocycles. The molecule has 27 heavy (non-hydrogen) atoms. The number of nitrogens with zero attached hydrogens (tertiary/aromatic N) is 1. The predicted molar refractivity (Wildman–Crippen MR) is 101 cm³/mol. The highest BCUT2D eigenvalue weighted by Gasteiger charge is 2.36. The molecule has 0 spiro atoms. The van der Waals surface area contributed by atoms with Gasteiger partial charge in [-0.3, -0.25) is 9.59 Å². The minimum absolute atomic E-state index is 0.184. The normalized spacial score (nSPS) is 16.9. The average molecular weight is 388 g/mol. The summed E-state index contributed by atoms with van der Waals surface area (Å²) in [4.78, 5) is 34.1. The number of quaternary nitrogens is 1. The second-order valence-corrected chi connectivity index (χ2v) is 8.08. The highest BCUT2D eigenvalue weighted by atomic mass is 16.4. The molecule has 2 N–H and O–H groups in total. The van der Waals surface area contributed by atoms with E-state index in [4.69, 9.17) is 0 Å². The average Bonchev–Trinajstić information content (AvgIpc) is 2.57. The Morgan fingerprint density at radius 3 is 1.59 bits per heavy atom. The zero-order chi connectivity index (χ0) is 21.0. The van der Waals surface area contributed by atoms with Gasteiger partial charge in [0.15, 0.2) is 0 Å². The molecule has 0 rings (SSSR count). The zero-order valence-corrected chi connectivity index (χ0v) is 17.3. The van der Waals surface area contributed by atoms with Crippen LogP contribution in [0, 0.1) is 17.8 Å². The summed E-state index contributed by atoms with van der Waals surface area (Å²) in [5.74, 6) is -5.23. The molecule has 7 heteroatoms. The van der Waals surface area contributed by atoms with Gasteiger partial charge in [0.2, 0.25) is 0 Å². The van der Waals surface area contributed by atoms with Gasteiger partial charge in [0.05, 0.1) is 26.2 Å². The van der Waals surface area contributed by atoms with E-state index in [1.807, 2.05) is 0 Å². The van der Waals surface area contributed by atoms with Gasteiger partial charge in [-0.05, 0) is 26.7 Å². The standard InChI is InChI=1S/C20H37NO6/c1-5-6-7-8-9-10-11-21(12-15(2)18(22)23,13-16(3)19(24)25)14-17(4)20(26)27/h15-17H,5-14H2,1-4H3,(H2-,22,23,24,25,26,27). The zero-order valence-electron chi connectivity index (χ0n) is 17.3. The molecule has 0 fully saturated rings. The van der Waals surface area contributed by atoms with Crippen molar-refractivity contribution in [2.45, 2.75) is 66.2 Å². The van der Waals surface area contributed by atoms with Gasteiger partial charge >= 0.3 is 11.9 Å². The fourth-order valence-electron chi connectivity index (χ4n) is 3.70. The van der Waals surface area contributed by atoms with E-state index in [9.17, 15) is 29.7 Å². The fraction of sp³-hybridized carbons (Fsp3) is 0.850. The van der Waals surface area contributed by atoms with Gasteiger partial charge in [0, 0.05) is 11.9 Å². The van der Waals surface area contributed by atoms with Crippen LogP contribution >= 0.6 is 0 Å². The third kappa shape index (κ3) is 10.3. The molecule has 0 aromatic rings. The first-order chi connectivity index (χ1) is 12.5. The maximum Gasteiger partial charge on any atom is 0.311 e. The second-order valence-electron chi connectivity index (χ2n) is 8.08. The molecule has 0 aliphatic heterocycles. The quantitative estimate of drug-likeness (QED) is 0.309. The van der Waals surface area contributed by atoms with Crippen LogP contribution in [0.15, 0.2) is 0 Å². The molecular weight excluding hydrogens is 350 g/mol. The first kappa shape index (κ1) is 25.4. The number of rotatable bonds is 16. The number of unbranched alkanes of at least 4 members (excludes halogenated alkanes) is 5. The van der Waals surface area contributed by atoms with Crippen molar-refractivity contribution >= 4 is 17.9 Å². The first-order valence-corrected chi connectivity index (χ1v) is 10.1. The molecular formula is C20H37NO6. The van der Waals surface area contributed by atoms with Gasteiger partial charge in [-0.15, -0.1) is 0 Å². The van der Waals surface area contributed by atoms with Crippen molar-refractivity contribution < 1.29 is 34.2 Å². The van der Waals surface area contributed by atoms with Crippen LogP contribution in [0.4, 0.5) is 0 Å². The van der Waals surface area contributed by atoms with Crippen molar-refractivity contribution in [3.63, 3.8) is 0 Å². The maximum atomic E-state index is 11.4. The van der Waals surface area contributed by atoms with E-state index in [1.165, 1.54) is 6.42 Å². The van der Waals surface area contributed by atoms with Gasteiger partial charge in [-0.25, -0.2) is 0 Å². The molecule has 7 nitrogen and oxygen atoms in total. The molecule has 0 aliphatic rings. The summed E-state index contributed by atoms with van der Waals surface area (Å²) < 4.78 is 0.184. The molecule has 0 radical (unpaired) electrons. The lowest BCUT2D eigenvalue weighted by Crippen LogP contribution is -2.58. The first-order valence-electron chi connectivity index (χ1n) is 10.1. The summed E-state index contributed by atoms with van der Waals surface area (Å²) in [7, 11) is 0. The van der Waals surface area contributed by atoms with Crippen LogP contribution in [0.3, 0.4) is 0 Å². The number of hydrogen-bond acceptors (Lipinski definition) is 4. The van der Waals surface area contributed by atoms with E-state index in [1.54, 1.807) is 20.8 Å². The number of carbonyl (C=O) groups is 3. The molecule has 158 valence electrons. The second kappa shape index (κ2) is 12.7. The molecule has 0 amide bonds. The lowest BCUT2D eigenvalue weighted by Gasteiger charge is -2.43. The molecule has 0 bridgehead atoms. The monoisotopic (exact) mass is 387 g/mol. The highest BCUT2D eigenvalue weighted by molar-refractivity contribution is 5.70. The number of aliphatic carboxylic acids is 3. The van der Waals surface area contributed by atoms with E-state index < -0.39 is 35.7 Å². The predicted octanol–water partition coefficient (Wildman–Crippen LogP) is 1.99. The third-order valence-electron chi connectivity index (χ3n) is 5.21. The van der Waals surface area contributed by atoms with Crippen molar-refractivity contribution in [3.05, 3.63) is 0 Å². The number of carboxylic acids is 3. The Balaban J connectivity index is 5.37. The summed E-state index contributed by atoms with van der Waals surface area (Å²) in [6.45, 7) is 8.08. The lowest BCUT2D eigenvalue weighted by molar-refractivity contribution is -0.934. The highest BCUT2D eigenvalue weighted by Crippen LogP contribution is 2.21. The summed E-state index contributed by atoms with van der Waals surface area (Å²) in [6.07, 6.45) is 6.34. The molecule has 0 aliphatic carbocycles. The summed E-state index contributed by atoms with van der Waals surface area (Å²) in [5.41, 5.74) is 0. The Morgan fingerprint density at radius 2 is 1.19 bits per heavy atom. The van der Waals surface area contributed by atoms with Crippen molar-refractivity contribution in [1.82, 2.24) is 0 Å². The van der Waals surface area contributed by atoms with E-state index in [-0.39, 0.29) is 24.1 Å². The van der Waals surface area contributed by atoms with Crippen LogP contribution in [0.5, 0.6) is 0 Å². The smallest absolute Gasteiger partial charge is 0.311 e. The molecule has 0 aromatic heterocycles. The number of hydrogen-bond donors (Lipinski definition) is 2. The molecule has 0 saturated heterocycles. The minimum Gasteiger partial charge on any atom is -0.550 e. The Morgan fingerprint density at radius 1 is 0.778 bits per heavy atom. The van der Waals surface area contributed by atoms with Gasteiger partial charge in [0.25, 0.3) is 0 Å². The Bertz CT molecular complexity index is 424. The number of carboxylic acid groups (broad SMARTS) is 3. The van der Waals surface area contributed by atoms with Crippen LogP contribution in [0.2, 0.25) is 0 Å². The Hall–Kier alpha value is -1.63. The van der Waals surface area contributed by atoms with Gasteiger partial charge in [0.1, 0.15) is 11.8 Å². The van der Waals surface area contributed by atoms with Crippen LogP contribution in [0.25, 0.3) is 0 Å². The van der Waals surface area contributed by atoms with Crippen molar-refractivity contribution in [1.29, 1.82) is 0 Å². The summed E-state index contributed by atoms with van der Waals surface area (Å²) >= 11 is 0. The summed E-state index contributed by atoms with van der Waals surface area (Å²) in [6, 6.07) is 0. The minimum atomic E-state index is -1.19. The fourth-order valence-corrected chi connectivity index (χ4v) is 3.70. The Kier molecular flexibility index (Phi) is 11.9. The molecule has 0 saturated carbocycles. The Labute approximate surface area is 163 Å². The molecule has 0 heterocycles. The number of carbonyl (C=O) groups excluding carboxylic acids is 1. The largest absolute Gasteiger partial charge is 0.550 e. The van der Waals surface area contributed by atoms with Crippen LogP contribution in [-0.4, -0.2) is 58.8 Å². The van der Waals surface area contributed by atoms with Gasteiger partial charge in [-0.1, -0.05) is 39.5 Å². The third-order valence-corrected chi connectivity index (χ3v) is 5.21. The van der Waals surface area contributed by atoms with Crippen LogP contribution in [-0.2, 0) is 14.4 Å².